The molecule has 164 valence electrons. The Morgan fingerprint density at radius 1 is 1.06 bits per heavy atom. The molecule has 8 heteroatoms. The SMILES string of the molecule is Cc1c(F)cc(-c2ccc3ncc(S(C)(=O)=O)c(Nc4ccc(CN)cc4)c3c2)cc1Cl. The molecule has 0 spiro atoms. The number of anilines is 2. The summed E-state index contributed by atoms with van der Waals surface area (Å²) in [6.07, 6.45) is 2.48. The molecule has 0 unspecified atom stereocenters. The van der Waals surface area contributed by atoms with Crippen LogP contribution < -0.4 is 11.1 Å². The zero-order chi connectivity index (χ0) is 23.0. The zero-order valence-electron chi connectivity index (χ0n) is 17.5. The van der Waals surface area contributed by atoms with Gasteiger partial charge < -0.3 is 11.1 Å². The fourth-order valence-electron chi connectivity index (χ4n) is 3.44. The average molecular weight is 470 g/mol. The van der Waals surface area contributed by atoms with E-state index in [0.29, 0.717) is 50.5 Å². The number of pyridine rings is 1. The number of rotatable bonds is 5. The number of aromatic nitrogens is 1. The Hall–Kier alpha value is -3.00. The molecule has 0 aliphatic heterocycles. The van der Waals surface area contributed by atoms with Gasteiger partial charge in [-0.2, -0.15) is 0 Å². The third-order valence-corrected chi connectivity index (χ3v) is 6.81. The number of fused-ring (bicyclic) bond motifs is 1. The van der Waals surface area contributed by atoms with Gasteiger partial charge in [-0.15, -0.1) is 0 Å². The summed E-state index contributed by atoms with van der Waals surface area (Å²) in [5.41, 5.74) is 9.98. The highest BCUT2D eigenvalue weighted by molar-refractivity contribution is 7.90. The fourth-order valence-corrected chi connectivity index (χ4v) is 4.43. The molecule has 3 N–H and O–H groups in total. The maximum Gasteiger partial charge on any atom is 0.179 e. The van der Waals surface area contributed by atoms with E-state index in [2.05, 4.69) is 10.3 Å². The van der Waals surface area contributed by atoms with Gasteiger partial charge >= 0.3 is 0 Å². The maximum atomic E-state index is 14.3. The number of nitrogens with two attached hydrogens (primary N) is 1. The second-order valence-electron chi connectivity index (χ2n) is 7.59. The highest BCUT2D eigenvalue weighted by Gasteiger charge is 2.18. The third-order valence-electron chi connectivity index (χ3n) is 5.31. The quantitative estimate of drug-likeness (QED) is 0.397. The third kappa shape index (κ3) is 4.32. The summed E-state index contributed by atoms with van der Waals surface area (Å²) >= 11 is 6.18. The summed E-state index contributed by atoms with van der Waals surface area (Å²) in [7, 11) is -3.58. The minimum atomic E-state index is -3.58. The first kappa shape index (κ1) is 22.2. The van der Waals surface area contributed by atoms with Crippen LogP contribution in [-0.4, -0.2) is 19.7 Å². The Kier molecular flexibility index (Phi) is 5.90. The summed E-state index contributed by atoms with van der Waals surface area (Å²) in [6, 6.07) is 15.9. The van der Waals surface area contributed by atoms with Crippen LogP contribution in [0.3, 0.4) is 0 Å². The van der Waals surface area contributed by atoms with E-state index in [-0.39, 0.29) is 4.90 Å². The lowest BCUT2D eigenvalue weighted by molar-refractivity contribution is 0.602. The molecule has 0 bridgehead atoms. The van der Waals surface area contributed by atoms with Gasteiger partial charge in [-0.25, -0.2) is 12.8 Å². The summed E-state index contributed by atoms with van der Waals surface area (Å²) in [5.74, 6) is -0.408. The van der Waals surface area contributed by atoms with E-state index in [9.17, 15) is 12.8 Å². The molecule has 0 saturated carbocycles. The Morgan fingerprint density at radius 3 is 2.41 bits per heavy atom. The minimum Gasteiger partial charge on any atom is -0.354 e. The molecule has 0 aliphatic rings. The first-order valence-corrected chi connectivity index (χ1v) is 12.1. The molecular formula is C24H21ClFN3O2S. The van der Waals surface area contributed by atoms with Crippen molar-refractivity contribution in [2.24, 2.45) is 5.73 Å². The van der Waals surface area contributed by atoms with Crippen LogP contribution in [0.2, 0.25) is 5.02 Å². The first-order valence-electron chi connectivity index (χ1n) is 9.82. The van der Waals surface area contributed by atoms with Crippen molar-refractivity contribution >= 4 is 43.7 Å². The van der Waals surface area contributed by atoms with Crippen LogP contribution in [0.15, 0.2) is 65.7 Å². The van der Waals surface area contributed by atoms with Crippen LogP contribution in [-0.2, 0) is 16.4 Å². The monoisotopic (exact) mass is 469 g/mol. The van der Waals surface area contributed by atoms with E-state index >= 15 is 0 Å². The largest absolute Gasteiger partial charge is 0.354 e. The molecule has 0 aliphatic carbocycles. The molecule has 0 fully saturated rings. The molecule has 0 radical (unpaired) electrons. The standard InChI is InChI=1S/C24H21ClFN3O2S/c1-14-20(25)10-17(11-21(14)26)16-5-8-22-19(9-16)24(23(13-28-22)32(2,30)31)29-18-6-3-15(12-27)4-7-18/h3-11,13H,12,27H2,1-2H3,(H,28,29). The minimum absolute atomic E-state index is 0.0678. The van der Waals surface area contributed by atoms with Crippen molar-refractivity contribution in [2.45, 2.75) is 18.4 Å². The lowest BCUT2D eigenvalue weighted by Gasteiger charge is -2.15. The van der Waals surface area contributed by atoms with Crippen LogP contribution in [0, 0.1) is 12.7 Å². The summed E-state index contributed by atoms with van der Waals surface area (Å²) in [6.45, 7) is 2.02. The van der Waals surface area contributed by atoms with Gasteiger partial charge in [0.25, 0.3) is 0 Å². The van der Waals surface area contributed by atoms with Crippen LogP contribution in [0.1, 0.15) is 11.1 Å². The zero-order valence-corrected chi connectivity index (χ0v) is 19.1. The number of benzene rings is 3. The topological polar surface area (TPSA) is 85.1 Å². The van der Waals surface area contributed by atoms with Gasteiger partial charge in [-0.05, 0) is 60.0 Å². The molecule has 1 aromatic heterocycles. The fraction of sp³-hybridized carbons (Fsp3) is 0.125. The molecule has 0 saturated heterocycles. The van der Waals surface area contributed by atoms with Crippen molar-refractivity contribution in [3.8, 4) is 11.1 Å². The lowest BCUT2D eigenvalue weighted by atomic mass is 10.0. The average Bonchev–Trinajstić information content (AvgIpc) is 2.76. The van der Waals surface area contributed by atoms with Crippen molar-refractivity contribution < 1.29 is 12.8 Å². The molecule has 1 heterocycles. The summed E-state index contributed by atoms with van der Waals surface area (Å²) in [4.78, 5) is 4.39. The Balaban J connectivity index is 1.93. The summed E-state index contributed by atoms with van der Waals surface area (Å²) in [5, 5.41) is 4.13. The van der Waals surface area contributed by atoms with Crippen LogP contribution >= 0.6 is 11.6 Å². The molecule has 4 rings (SSSR count). The van der Waals surface area contributed by atoms with Crippen molar-refractivity contribution in [1.29, 1.82) is 0 Å². The highest BCUT2D eigenvalue weighted by atomic mass is 35.5. The second kappa shape index (κ2) is 8.50. The van der Waals surface area contributed by atoms with Crippen LogP contribution in [0.4, 0.5) is 15.8 Å². The van der Waals surface area contributed by atoms with Crippen LogP contribution in [0.5, 0.6) is 0 Å². The van der Waals surface area contributed by atoms with E-state index in [4.69, 9.17) is 17.3 Å². The van der Waals surface area contributed by atoms with E-state index in [1.165, 1.54) is 12.3 Å². The molecule has 4 aromatic rings. The van der Waals surface area contributed by atoms with Gasteiger partial charge in [-0.3, -0.25) is 4.98 Å². The smallest absolute Gasteiger partial charge is 0.179 e. The van der Waals surface area contributed by atoms with E-state index in [1.54, 1.807) is 31.2 Å². The van der Waals surface area contributed by atoms with Gasteiger partial charge in [0, 0.05) is 40.7 Å². The van der Waals surface area contributed by atoms with Gasteiger partial charge in [0.15, 0.2) is 9.84 Å². The predicted molar refractivity (Wildman–Crippen MR) is 128 cm³/mol. The first-order chi connectivity index (χ1) is 15.2. The van der Waals surface area contributed by atoms with Gasteiger partial charge in [-0.1, -0.05) is 29.8 Å². The number of hydrogen-bond acceptors (Lipinski definition) is 5. The maximum absolute atomic E-state index is 14.3. The lowest BCUT2D eigenvalue weighted by Crippen LogP contribution is -2.05. The number of nitrogens with one attached hydrogen (secondary N) is 1. The second-order valence-corrected chi connectivity index (χ2v) is 9.98. The Bertz CT molecular complexity index is 1420. The number of nitrogens with zero attached hydrogens (tertiary/aromatic N) is 1. The molecule has 3 aromatic carbocycles. The highest BCUT2D eigenvalue weighted by Crippen LogP contribution is 2.36. The van der Waals surface area contributed by atoms with E-state index < -0.39 is 15.7 Å². The Morgan fingerprint density at radius 2 is 1.78 bits per heavy atom. The number of hydrogen-bond donors (Lipinski definition) is 2. The van der Waals surface area contributed by atoms with Gasteiger partial charge in [0.05, 0.1) is 11.2 Å². The Labute approximate surface area is 191 Å². The van der Waals surface area contributed by atoms with Crippen molar-refractivity contribution in [3.63, 3.8) is 0 Å². The molecule has 0 amide bonds. The van der Waals surface area contributed by atoms with Gasteiger partial charge in [0.2, 0.25) is 0 Å². The molecule has 32 heavy (non-hydrogen) atoms. The predicted octanol–water partition coefficient (Wildman–Crippen LogP) is 5.61. The number of halogens is 2. The molecule has 0 atom stereocenters. The molecule has 5 nitrogen and oxygen atoms in total. The normalized spacial score (nSPS) is 11.7. The molecular weight excluding hydrogens is 449 g/mol. The van der Waals surface area contributed by atoms with Crippen LogP contribution in [0.25, 0.3) is 22.0 Å². The van der Waals surface area contributed by atoms with Crippen molar-refractivity contribution in [1.82, 2.24) is 4.98 Å². The van der Waals surface area contributed by atoms with Gasteiger partial charge in [0.1, 0.15) is 10.7 Å². The van der Waals surface area contributed by atoms with E-state index in [0.717, 1.165) is 11.8 Å². The van der Waals surface area contributed by atoms with E-state index in [1.807, 2.05) is 24.3 Å². The van der Waals surface area contributed by atoms with Crippen molar-refractivity contribution in [3.05, 3.63) is 82.8 Å². The van der Waals surface area contributed by atoms with Crippen molar-refractivity contribution in [2.75, 3.05) is 11.6 Å². The summed E-state index contributed by atoms with van der Waals surface area (Å²) < 4.78 is 39.3. The number of sulfone groups is 1.